The minimum absolute atomic E-state index is 0.629. The molecule has 15 heavy (non-hydrogen) atoms. The Morgan fingerprint density at radius 1 is 1.27 bits per heavy atom. The molecule has 1 aliphatic heterocycles. The van der Waals surface area contributed by atoms with Gasteiger partial charge in [-0.1, -0.05) is 6.07 Å². The van der Waals surface area contributed by atoms with Crippen LogP contribution >= 0.6 is 0 Å². The van der Waals surface area contributed by atoms with Gasteiger partial charge in [-0.3, -0.25) is 0 Å². The zero-order valence-corrected chi connectivity index (χ0v) is 8.82. The van der Waals surface area contributed by atoms with E-state index in [2.05, 4.69) is 4.90 Å². The fourth-order valence-electron chi connectivity index (χ4n) is 2.04. The molecular weight excluding hydrogens is 191 g/mol. The Bertz CT molecular complexity index is 327. The molecule has 1 aromatic carbocycles. The Balaban J connectivity index is 2.09. The fraction of sp³-hybridized carbons (Fsp3) is 0.500. The first-order valence-electron chi connectivity index (χ1n) is 5.50. The summed E-state index contributed by atoms with van der Waals surface area (Å²) in [6, 6.07) is 7.81. The van der Waals surface area contributed by atoms with Gasteiger partial charge in [0.1, 0.15) is 6.17 Å². The number of halogens is 1. The second-order valence-electron chi connectivity index (χ2n) is 4.11. The van der Waals surface area contributed by atoms with Crippen molar-refractivity contribution >= 4 is 11.4 Å². The quantitative estimate of drug-likeness (QED) is 0.719. The van der Waals surface area contributed by atoms with Crippen LogP contribution in [0.5, 0.6) is 0 Å². The summed E-state index contributed by atoms with van der Waals surface area (Å²) in [5, 5.41) is 0. The van der Waals surface area contributed by atoms with E-state index >= 15 is 0 Å². The van der Waals surface area contributed by atoms with Crippen LogP contribution in [-0.2, 0) is 0 Å². The molecule has 0 bridgehead atoms. The van der Waals surface area contributed by atoms with Crippen molar-refractivity contribution in [2.75, 3.05) is 23.7 Å². The van der Waals surface area contributed by atoms with Crippen LogP contribution in [0.3, 0.4) is 0 Å². The Labute approximate surface area is 89.9 Å². The predicted molar refractivity (Wildman–Crippen MR) is 61.8 cm³/mol. The van der Waals surface area contributed by atoms with E-state index in [9.17, 15) is 4.39 Å². The summed E-state index contributed by atoms with van der Waals surface area (Å²) in [4.78, 5) is 2.22. The molecule has 0 radical (unpaired) electrons. The smallest absolute Gasteiger partial charge is 0.102 e. The van der Waals surface area contributed by atoms with Crippen LogP contribution in [0.25, 0.3) is 0 Å². The van der Waals surface area contributed by atoms with Gasteiger partial charge in [0.15, 0.2) is 0 Å². The zero-order valence-electron chi connectivity index (χ0n) is 8.82. The summed E-state index contributed by atoms with van der Waals surface area (Å²) in [5.74, 6) is 0. The molecule has 0 spiro atoms. The largest absolute Gasteiger partial charge is 0.399 e. The molecule has 0 saturated carbocycles. The highest BCUT2D eigenvalue weighted by atomic mass is 19.1. The molecule has 0 aromatic heterocycles. The molecule has 1 saturated heterocycles. The number of benzene rings is 1. The minimum atomic E-state index is -0.629. The zero-order chi connectivity index (χ0) is 10.7. The number of rotatable bonds is 1. The van der Waals surface area contributed by atoms with Crippen LogP contribution in [0.1, 0.15) is 19.3 Å². The molecule has 2 N–H and O–H groups in total. The van der Waals surface area contributed by atoms with Crippen LogP contribution < -0.4 is 10.6 Å². The van der Waals surface area contributed by atoms with Crippen LogP contribution in [0.2, 0.25) is 0 Å². The van der Waals surface area contributed by atoms with Crippen LogP contribution in [0.4, 0.5) is 15.8 Å². The molecule has 82 valence electrons. The topological polar surface area (TPSA) is 29.3 Å². The summed E-state index contributed by atoms with van der Waals surface area (Å²) in [5.41, 5.74) is 7.62. The van der Waals surface area contributed by atoms with Gasteiger partial charge < -0.3 is 10.6 Å². The highest BCUT2D eigenvalue weighted by Crippen LogP contribution is 2.22. The second kappa shape index (κ2) is 4.51. The van der Waals surface area contributed by atoms with Crippen molar-refractivity contribution in [2.45, 2.75) is 25.4 Å². The van der Waals surface area contributed by atoms with Crippen molar-refractivity contribution in [2.24, 2.45) is 0 Å². The number of anilines is 2. The first-order chi connectivity index (χ1) is 7.25. The Morgan fingerprint density at radius 2 is 2.13 bits per heavy atom. The van der Waals surface area contributed by atoms with Gasteiger partial charge in [-0.25, -0.2) is 4.39 Å². The van der Waals surface area contributed by atoms with Gasteiger partial charge in [0, 0.05) is 24.5 Å². The minimum Gasteiger partial charge on any atom is -0.399 e. The lowest BCUT2D eigenvalue weighted by Crippen LogP contribution is -2.24. The van der Waals surface area contributed by atoms with Gasteiger partial charge >= 0.3 is 0 Å². The molecule has 0 aliphatic carbocycles. The predicted octanol–water partition coefficient (Wildman–Crippen LogP) is 2.60. The first kappa shape index (κ1) is 10.3. The number of nitrogens with zero attached hydrogens (tertiary/aromatic N) is 1. The lowest BCUT2D eigenvalue weighted by molar-refractivity contribution is 0.307. The third-order valence-corrected chi connectivity index (χ3v) is 2.89. The van der Waals surface area contributed by atoms with Gasteiger partial charge in [-0.05, 0) is 37.5 Å². The third-order valence-electron chi connectivity index (χ3n) is 2.89. The number of hydrogen-bond acceptors (Lipinski definition) is 2. The summed E-state index contributed by atoms with van der Waals surface area (Å²) >= 11 is 0. The van der Waals surface area contributed by atoms with E-state index in [1.807, 2.05) is 24.3 Å². The molecule has 1 heterocycles. The highest BCUT2D eigenvalue weighted by molar-refractivity contribution is 5.55. The monoisotopic (exact) mass is 208 g/mol. The maximum Gasteiger partial charge on any atom is 0.102 e. The van der Waals surface area contributed by atoms with Gasteiger partial charge in [-0.2, -0.15) is 0 Å². The van der Waals surface area contributed by atoms with Crippen molar-refractivity contribution in [3.63, 3.8) is 0 Å². The summed E-state index contributed by atoms with van der Waals surface area (Å²) < 4.78 is 13.2. The lowest BCUT2D eigenvalue weighted by atomic mass is 10.2. The normalized spacial score (nSPS) is 22.5. The van der Waals surface area contributed by atoms with E-state index in [1.165, 1.54) is 0 Å². The van der Waals surface area contributed by atoms with E-state index < -0.39 is 6.17 Å². The number of nitrogen functional groups attached to an aromatic ring is 1. The van der Waals surface area contributed by atoms with E-state index in [0.717, 1.165) is 30.9 Å². The maximum atomic E-state index is 13.2. The van der Waals surface area contributed by atoms with Crippen LogP contribution in [0, 0.1) is 0 Å². The van der Waals surface area contributed by atoms with Crippen molar-refractivity contribution < 1.29 is 4.39 Å². The number of hydrogen-bond donors (Lipinski definition) is 1. The van der Waals surface area contributed by atoms with E-state index in [1.54, 1.807) is 0 Å². The van der Waals surface area contributed by atoms with Gasteiger partial charge in [-0.15, -0.1) is 0 Å². The molecule has 2 rings (SSSR count). The molecule has 1 aliphatic rings. The molecule has 1 aromatic rings. The van der Waals surface area contributed by atoms with E-state index in [0.29, 0.717) is 12.8 Å². The summed E-state index contributed by atoms with van der Waals surface area (Å²) in [6.07, 6.45) is 1.62. The Hall–Kier alpha value is -1.25. The van der Waals surface area contributed by atoms with Gasteiger partial charge in [0.05, 0.1) is 0 Å². The van der Waals surface area contributed by atoms with Crippen molar-refractivity contribution in [1.82, 2.24) is 0 Å². The second-order valence-corrected chi connectivity index (χ2v) is 4.11. The first-order valence-corrected chi connectivity index (χ1v) is 5.50. The maximum absolute atomic E-state index is 13.2. The van der Waals surface area contributed by atoms with E-state index in [-0.39, 0.29) is 0 Å². The van der Waals surface area contributed by atoms with Gasteiger partial charge in [0.25, 0.3) is 0 Å². The lowest BCUT2D eigenvalue weighted by Gasteiger charge is -2.22. The van der Waals surface area contributed by atoms with Gasteiger partial charge in [0.2, 0.25) is 0 Å². The standard InChI is InChI=1S/C12H17FN2/c13-10-3-2-7-15(8-6-10)12-5-1-4-11(14)9-12/h1,4-5,9-10H,2-3,6-8,14H2. The number of nitrogens with two attached hydrogens (primary N) is 1. The molecule has 1 fully saturated rings. The van der Waals surface area contributed by atoms with Crippen molar-refractivity contribution in [3.05, 3.63) is 24.3 Å². The Morgan fingerprint density at radius 3 is 2.93 bits per heavy atom. The van der Waals surface area contributed by atoms with Crippen LogP contribution in [-0.4, -0.2) is 19.3 Å². The molecular formula is C12H17FN2. The van der Waals surface area contributed by atoms with Crippen molar-refractivity contribution in [3.8, 4) is 0 Å². The van der Waals surface area contributed by atoms with E-state index in [4.69, 9.17) is 5.73 Å². The molecule has 1 atom stereocenters. The summed E-state index contributed by atoms with van der Waals surface area (Å²) in [7, 11) is 0. The fourth-order valence-corrected chi connectivity index (χ4v) is 2.04. The average molecular weight is 208 g/mol. The van der Waals surface area contributed by atoms with Crippen LogP contribution in [0.15, 0.2) is 24.3 Å². The van der Waals surface area contributed by atoms with Crippen molar-refractivity contribution in [1.29, 1.82) is 0 Å². The molecule has 3 heteroatoms. The highest BCUT2D eigenvalue weighted by Gasteiger charge is 2.16. The number of alkyl halides is 1. The average Bonchev–Trinajstić information content (AvgIpc) is 2.43. The third kappa shape index (κ3) is 2.61. The summed E-state index contributed by atoms with van der Waals surface area (Å²) in [6.45, 7) is 1.73. The molecule has 0 amide bonds. The SMILES string of the molecule is Nc1cccc(N2CCCC(F)CC2)c1. The Kier molecular flexibility index (Phi) is 3.09. The molecule has 1 unspecified atom stereocenters. The molecule has 2 nitrogen and oxygen atoms in total.